The maximum absolute atomic E-state index is 13.1. The van der Waals surface area contributed by atoms with Gasteiger partial charge >= 0.3 is 39.5 Å². The number of phosphoric acid groups is 2. The van der Waals surface area contributed by atoms with Crippen molar-refractivity contribution in [2.45, 2.75) is 458 Å². The SMILES string of the molecule is CCCCCCCCCCCCCCCCC(=O)O[C@H](COC(=O)CCCCCCCCCCCCC)COP(=O)(O)OC[C@H](O)COP(=O)(O)OC[C@@H](COC(=O)CCCCCCCCCCCCCCC(C)C)OC(=O)CCCCCCCCCCCCCCCCCCCCC(C)CC. The van der Waals surface area contributed by atoms with Gasteiger partial charge in [0.05, 0.1) is 26.4 Å². The highest BCUT2D eigenvalue weighted by Crippen LogP contribution is 2.45. The third-order valence-corrected chi connectivity index (χ3v) is 21.7. The molecule has 0 aromatic heterocycles. The molecule has 0 aromatic carbocycles. The standard InChI is InChI=1S/C83H162O17P2/c1-7-10-12-14-16-18-20-21-29-37-43-49-55-61-67-82(87)99-78(71-93-80(85)65-59-53-47-41-33-19-17-15-13-11-8-2)73-97-101(89,90)95-69-77(84)70-96-102(91,92)98-74-79(72-94-81(86)66-60-54-48-42-36-32-31-34-39-45-51-57-63-75(4)5)100-83(88)68-62-56-50-44-38-30-27-25-23-22-24-26-28-35-40-46-52-58-64-76(6)9-3/h75-79,84H,7-74H2,1-6H3,(H,89,90)(H,91,92)/t76?,77-,78+,79+/m0/s1. The largest absolute Gasteiger partial charge is 0.472 e. The van der Waals surface area contributed by atoms with Gasteiger partial charge in [0.25, 0.3) is 0 Å². The molecule has 0 saturated heterocycles. The van der Waals surface area contributed by atoms with Crippen molar-refractivity contribution in [2.75, 3.05) is 39.6 Å². The molecular weight excluding hydrogens is 1330 g/mol. The predicted molar refractivity (Wildman–Crippen MR) is 418 cm³/mol. The van der Waals surface area contributed by atoms with Gasteiger partial charge in [-0.1, -0.05) is 388 Å². The van der Waals surface area contributed by atoms with Crippen LogP contribution in [0, 0.1) is 11.8 Å². The van der Waals surface area contributed by atoms with Gasteiger partial charge in [0.15, 0.2) is 12.2 Å². The summed E-state index contributed by atoms with van der Waals surface area (Å²) in [7, 11) is -9.92. The highest BCUT2D eigenvalue weighted by molar-refractivity contribution is 7.47. The fourth-order valence-corrected chi connectivity index (χ4v) is 14.4. The quantitative estimate of drug-likeness (QED) is 0.0222. The van der Waals surface area contributed by atoms with Crippen molar-refractivity contribution in [2.24, 2.45) is 11.8 Å². The molecule has 0 bridgehead atoms. The molecule has 3 unspecified atom stereocenters. The summed E-state index contributed by atoms with van der Waals surface area (Å²) in [6, 6.07) is 0. The van der Waals surface area contributed by atoms with Crippen LogP contribution in [-0.4, -0.2) is 96.7 Å². The lowest BCUT2D eigenvalue weighted by Gasteiger charge is -2.21. The molecule has 0 heterocycles. The first kappa shape index (κ1) is 100. The van der Waals surface area contributed by atoms with Crippen molar-refractivity contribution >= 4 is 39.5 Å². The van der Waals surface area contributed by atoms with Gasteiger partial charge in [-0.15, -0.1) is 0 Å². The summed E-state index contributed by atoms with van der Waals surface area (Å²) in [6.45, 7) is 9.73. The number of ether oxygens (including phenoxy) is 4. The maximum Gasteiger partial charge on any atom is 0.472 e. The molecule has 0 aliphatic carbocycles. The van der Waals surface area contributed by atoms with Crippen molar-refractivity contribution < 1.29 is 80.2 Å². The van der Waals surface area contributed by atoms with E-state index >= 15 is 0 Å². The van der Waals surface area contributed by atoms with Gasteiger partial charge in [-0.2, -0.15) is 0 Å². The van der Waals surface area contributed by atoms with Crippen molar-refractivity contribution in [3.63, 3.8) is 0 Å². The average molecular weight is 1490 g/mol. The first-order valence-corrected chi connectivity index (χ1v) is 46.0. The summed E-state index contributed by atoms with van der Waals surface area (Å²) in [5, 5.41) is 10.7. The fraction of sp³-hybridized carbons (Fsp3) is 0.952. The first-order valence-electron chi connectivity index (χ1n) is 43.0. The minimum Gasteiger partial charge on any atom is -0.462 e. The van der Waals surface area contributed by atoms with E-state index in [0.29, 0.717) is 25.7 Å². The molecule has 17 nitrogen and oxygen atoms in total. The highest BCUT2D eigenvalue weighted by Gasteiger charge is 2.30. The topological polar surface area (TPSA) is 237 Å². The summed E-state index contributed by atoms with van der Waals surface area (Å²) < 4.78 is 68.8. The van der Waals surface area contributed by atoms with Crippen LogP contribution < -0.4 is 0 Å². The zero-order valence-corrected chi connectivity index (χ0v) is 68.7. The highest BCUT2D eigenvalue weighted by atomic mass is 31.2. The summed E-state index contributed by atoms with van der Waals surface area (Å²) >= 11 is 0. The summed E-state index contributed by atoms with van der Waals surface area (Å²) in [6.07, 6.45) is 65.1. The molecule has 0 amide bonds. The number of esters is 4. The number of aliphatic hydroxyl groups is 1. The number of aliphatic hydroxyl groups excluding tert-OH is 1. The molecule has 0 spiro atoms. The monoisotopic (exact) mass is 1490 g/mol. The Bertz CT molecular complexity index is 1960. The lowest BCUT2D eigenvalue weighted by Crippen LogP contribution is -2.30. The van der Waals surface area contributed by atoms with Crippen molar-refractivity contribution in [3.05, 3.63) is 0 Å². The summed E-state index contributed by atoms with van der Waals surface area (Å²) in [5.41, 5.74) is 0. The van der Waals surface area contributed by atoms with Gasteiger partial charge in [0, 0.05) is 25.7 Å². The van der Waals surface area contributed by atoms with E-state index in [4.69, 9.17) is 37.0 Å². The average Bonchev–Trinajstić information content (AvgIpc) is 0.915. The van der Waals surface area contributed by atoms with E-state index in [1.807, 2.05) is 0 Å². The van der Waals surface area contributed by atoms with E-state index in [2.05, 4.69) is 41.5 Å². The van der Waals surface area contributed by atoms with Crippen LogP contribution in [0.25, 0.3) is 0 Å². The molecular formula is C83H162O17P2. The predicted octanol–water partition coefficient (Wildman–Crippen LogP) is 25.1. The van der Waals surface area contributed by atoms with Gasteiger partial charge < -0.3 is 33.8 Å². The van der Waals surface area contributed by atoms with Crippen LogP contribution in [0.1, 0.15) is 440 Å². The number of carbonyl (C=O) groups excluding carboxylic acids is 4. The molecule has 0 radical (unpaired) electrons. The van der Waals surface area contributed by atoms with Crippen LogP contribution in [0.3, 0.4) is 0 Å². The second-order valence-corrected chi connectivity index (χ2v) is 33.5. The van der Waals surface area contributed by atoms with Crippen LogP contribution in [0.5, 0.6) is 0 Å². The van der Waals surface area contributed by atoms with Gasteiger partial charge in [-0.25, -0.2) is 9.13 Å². The Labute approximate surface area is 626 Å². The molecule has 0 aliphatic heterocycles. The van der Waals surface area contributed by atoms with Gasteiger partial charge in [-0.3, -0.25) is 37.3 Å². The van der Waals surface area contributed by atoms with E-state index in [-0.39, 0.29) is 25.7 Å². The Balaban J connectivity index is 5.22. The van der Waals surface area contributed by atoms with Crippen LogP contribution in [0.2, 0.25) is 0 Å². The molecule has 0 rings (SSSR count). The van der Waals surface area contributed by atoms with E-state index in [0.717, 1.165) is 102 Å². The van der Waals surface area contributed by atoms with E-state index < -0.39 is 97.5 Å². The fourth-order valence-electron chi connectivity index (χ4n) is 12.9. The van der Waals surface area contributed by atoms with Crippen LogP contribution in [0.4, 0.5) is 0 Å². The second-order valence-electron chi connectivity index (χ2n) is 30.6. The normalized spacial score (nSPS) is 14.1. The Hall–Kier alpha value is -1.94. The van der Waals surface area contributed by atoms with Gasteiger partial charge in [-0.05, 0) is 37.5 Å². The molecule has 3 N–H and O–H groups in total. The minimum absolute atomic E-state index is 0.108. The Morgan fingerprint density at radius 2 is 0.500 bits per heavy atom. The molecule has 0 fully saturated rings. The minimum atomic E-state index is -4.96. The Kier molecular flexibility index (Phi) is 73.1. The van der Waals surface area contributed by atoms with Crippen molar-refractivity contribution in [1.82, 2.24) is 0 Å². The van der Waals surface area contributed by atoms with E-state index in [9.17, 15) is 43.2 Å². The maximum atomic E-state index is 13.1. The van der Waals surface area contributed by atoms with Crippen LogP contribution in [-0.2, 0) is 65.4 Å². The Morgan fingerprint density at radius 1 is 0.284 bits per heavy atom. The third-order valence-electron chi connectivity index (χ3n) is 19.8. The molecule has 19 heteroatoms. The van der Waals surface area contributed by atoms with Crippen LogP contribution in [0.15, 0.2) is 0 Å². The second kappa shape index (κ2) is 74.5. The van der Waals surface area contributed by atoms with E-state index in [1.54, 1.807) is 0 Å². The zero-order valence-electron chi connectivity index (χ0n) is 66.9. The third kappa shape index (κ3) is 74.9. The molecule has 0 aliphatic rings. The van der Waals surface area contributed by atoms with Crippen LogP contribution >= 0.6 is 15.6 Å². The van der Waals surface area contributed by atoms with Gasteiger partial charge in [0.2, 0.25) is 0 Å². The number of unbranched alkanes of at least 4 members (excludes halogenated alkanes) is 51. The lowest BCUT2D eigenvalue weighted by molar-refractivity contribution is -0.161. The molecule has 606 valence electrons. The zero-order chi connectivity index (χ0) is 74.9. The number of rotatable bonds is 82. The summed E-state index contributed by atoms with van der Waals surface area (Å²) in [5.74, 6) is -0.451. The Morgan fingerprint density at radius 3 is 0.745 bits per heavy atom. The molecule has 0 aromatic rings. The molecule has 102 heavy (non-hydrogen) atoms. The van der Waals surface area contributed by atoms with Gasteiger partial charge in [0.1, 0.15) is 19.3 Å². The van der Waals surface area contributed by atoms with Crippen molar-refractivity contribution in [3.8, 4) is 0 Å². The first-order chi connectivity index (χ1) is 49.4. The number of carbonyl (C=O) groups is 4. The smallest absolute Gasteiger partial charge is 0.462 e. The van der Waals surface area contributed by atoms with Crippen molar-refractivity contribution in [1.29, 1.82) is 0 Å². The summed E-state index contributed by atoms with van der Waals surface area (Å²) in [4.78, 5) is 73.1. The number of phosphoric ester groups is 2. The number of hydrogen-bond acceptors (Lipinski definition) is 15. The number of hydrogen-bond donors (Lipinski definition) is 3. The van der Waals surface area contributed by atoms with E-state index in [1.165, 1.54) is 257 Å². The molecule has 0 saturated carbocycles. The molecule has 6 atom stereocenters. The lowest BCUT2D eigenvalue weighted by atomic mass is 9.99.